The van der Waals surface area contributed by atoms with Gasteiger partial charge in [0.25, 0.3) is 5.69 Å². The maximum absolute atomic E-state index is 12.2. The van der Waals surface area contributed by atoms with E-state index in [9.17, 15) is 14.9 Å². The molecule has 0 N–H and O–H groups in total. The number of carbonyl (C=O) groups is 1. The molecule has 0 spiro atoms. The molecular weight excluding hydrogens is 380 g/mol. The van der Waals surface area contributed by atoms with Crippen molar-refractivity contribution in [1.29, 1.82) is 0 Å². The van der Waals surface area contributed by atoms with Crippen LogP contribution >= 0.6 is 0 Å². The summed E-state index contributed by atoms with van der Waals surface area (Å²) >= 11 is 0. The fourth-order valence-corrected chi connectivity index (χ4v) is 4.33. The van der Waals surface area contributed by atoms with Gasteiger partial charge in [-0.2, -0.15) is 0 Å². The molecule has 0 radical (unpaired) electrons. The summed E-state index contributed by atoms with van der Waals surface area (Å²) in [6.07, 6.45) is 5.69. The summed E-state index contributed by atoms with van der Waals surface area (Å²) in [6.45, 7) is 5.06. The molecule has 0 aliphatic heterocycles. The highest BCUT2D eigenvalue weighted by Gasteiger charge is 2.28. The Morgan fingerprint density at radius 2 is 1.87 bits per heavy atom. The molecule has 30 heavy (non-hydrogen) atoms. The molecule has 2 aromatic carbocycles. The number of ether oxygens (including phenoxy) is 1. The standard InChI is InChI=1S/C24H30N2O4/c1-17(2)16-25(19-9-5-4-6-10-19)22-14-13-18(15-23(22)26(28)29)20-11-7-8-12-21(20)24(27)30-3/h7-8,11-15,17,19H,4-6,9-10,16H2,1-3H3. The first-order chi connectivity index (χ1) is 14.4. The Morgan fingerprint density at radius 3 is 2.50 bits per heavy atom. The van der Waals surface area contributed by atoms with Gasteiger partial charge in [-0.25, -0.2) is 4.79 Å². The lowest BCUT2D eigenvalue weighted by Gasteiger charge is -2.37. The molecule has 3 rings (SSSR count). The summed E-state index contributed by atoms with van der Waals surface area (Å²) in [7, 11) is 1.33. The zero-order valence-corrected chi connectivity index (χ0v) is 18.0. The Kier molecular flexibility index (Phi) is 7.08. The van der Waals surface area contributed by atoms with E-state index >= 15 is 0 Å². The minimum absolute atomic E-state index is 0.0818. The first-order valence-electron chi connectivity index (χ1n) is 10.6. The van der Waals surface area contributed by atoms with E-state index in [4.69, 9.17) is 4.74 Å². The van der Waals surface area contributed by atoms with Gasteiger partial charge in [-0.15, -0.1) is 0 Å². The summed E-state index contributed by atoms with van der Waals surface area (Å²) < 4.78 is 4.88. The summed E-state index contributed by atoms with van der Waals surface area (Å²) in [5.74, 6) is -0.0628. The number of nitro benzene ring substituents is 1. The Bertz CT molecular complexity index is 904. The van der Waals surface area contributed by atoms with Gasteiger partial charge in [-0.1, -0.05) is 57.4 Å². The molecule has 1 fully saturated rings. The van der Waals surface area contributed by atoms with Crippen LogP contribution in [0.5, 0.6) is 0 Å². The van der Waals surface area contributed by atoms with E-state index in [0.717, 1.165) is 32.2 Å². The molecule has 1 aliphatic rings. The van der Waals surface area contributed by atoms with Crippen LogP contribution in [0, 0.1) is 16.0 Å². The summed E-state index contributed by atoms with van der Waals surface area (Å²) in [5, 5.41) is 12.0. The van der Waals surface area contributed by atoms with Crippen LogP contribution in [0.15, 0.2) is 42.5 Å². The molecule has 0 saturated heterocycles. The third-order valence-corrected chi connectivity index (χ3v) is 5.70. The molecule has 2 aromatic rings. The number of hydrogen-bond donors (Lipinski definition) is 0. The Hall–Kier alpha value is -2.89. The molecule has 1 saturated carbocycles. The number of carbonyl (C=O) groups excluding carboxylic acids is 1. The van der Waals surface area contributed by atoms with Crippen molar-refractivity contribution in [2.24, 2.45) is 5.92 Å². The van der Waals surface area contributed by atoms with Crippen molar-refractivity contribution in [3.05, 3.63) is 58.1 Å². The third-order valence-electron chi connectivity index (χ3n) is 5.70. The normalized spacial score (nSPS) is 14.5. The lowest BCUT2D eigenvalue weighted by molar-refractivity contribution is -0.384. The van der Waals surface area contributed by atoms with Crippen molar-refractivity contribution in [1.82, 2.24) is 0 Å². The quantitative estimate of drug-likeness (QED) is 0.325. The second-order valence-corrected chi connectivity index (χ2v) is 8.34. The van der Waals surface area contributed by atoms with E-state index in [1.54, 1.807) is 24.3 Å². The molecule has 0 bridgehead atoms. The highest BCUT2D eigenvalue weighted by molar-refractivity contribution is 5.97. The number of rotatable bonds is 7. The average Bonchev–Trinajstić information content (AvgIpc) is 2.77. The molecule has 6 nitrogen and oxygen atoms in total. The van der Waals surface area contributed by atoms with Crippen molar-refractivity contribution in [2.45, 2.75) is 52.0 Å². The summed E-state index contributed by atoms with van der Waals surface area (Å²) in [5.41, 5.74) is 2.42. The highest BCUT2D eigenvalue weighted by atomic mass is 16.6. The van der Waals surface area contributed by atoms with Crippen molar-refractivity contribution >= 4 is 17.3 Å². The third kappa shape index (κ3) is 4.81. The lowest BCUT2D eigenvalue weighted by Crippen LogP contribution is -2.39. The van der Waals surface area contributed by atoms with E-state index in [0.29, 0.717) is 34.3 Å². The van der Waals surface area contributed by atoms with E-state index in [2.05, 4.69) is 18.7 Å². The first-order valence-corrected chi connectivity index (χ1v) is 10.6. The summed E-state index contributed by atoms with van der Waals surface area (Å²) in [4.78, 5) is 26.1. The smallest absolute Gasteiger partial charge is 0.338 e. The van der Waals surface area contributed by atoms with Crippen LogP contribution in [-0.2, 0) is 4.74 Å². The van der Waals surface area contributed by atoms with Crippen molar-refractivity contribution in [3.63, 3.8) is 0 Å². The molecule has 0 atom stereocenters. The van der Waals surface area contributed by atoms with Crippen LogP contribution in [-0.4, -0.2) is 30.6 Å². The van der Waals surface area contributed by atoms with Gasteiger partial charge in [0.2, 0.25) is 0 Å². The second-order valence-electron chi connectivity index (χ2n) is 8.34. The number of hydrogen-bond acceptors (Lipinski definition) is 5. The highest BCUT2D eigenvalue weighted by Crippen LogP contribution is 2.38. The number of methoxy groups -OCH3 is 1. The van der Waals surface area contributed by atoms with Gasteiger partial charge in [0.1, 0.15) is 5.69 Å². The van der Waals surface area contributed by atoms with Crippen LogP contribution in [0.3, 0.4) is 0 Å². The van der Waals surface area contributed by atoms with E-state index in [-0.39, 0.29) is 10.6 Å². The van der Waals surface area contributed by atoms with Gasteiger partial charge in [0.05, 0.1) is 17.6 Å². The molecular formula is C24H30N2O4. The predicted octanol–water partition coefficient (Wildman–Crippen LogP) is 5.84. The van der Waals surface area contributed by atoms with E-state index in [1.165, 1.54) is 13.5 Å². The molecule has 6 heteroatoms. The minimum Gasteiger partial charge on any atom is -0.465 e. The zero-order chi connectivity index (χ0) is 21.7. The van der Waals surface area contributed by atoms with E-state index < -0.39 is 5.97 Å². The molecule has 160 valence electrons. The van der Waals surface area contributed by atoms with Crippen molar-refractivity contribution in [2.75, 3.05) is 18.6 Å². The van der Waals surface area contributed by atoms with Gasteiger partial charge >= 0.3 is 5.97 Å². The van der Waals surface area contributed by atoms with Gasteiger partial charge in [-0.3, -0.25) is 10.1 Å². The van der Waals surface area contributed by atoms with Crippen molar-refractivity contribution in [3.8, 4) is 11.1 Å². The van der Waals surface area contributed by atoms with Gasteiger partial charge in [0, 0.05) is 18.7 Å². The average molecular weight is 411 g/mol. The Labute approximate surface area is 178 Å². The monoisotopic (exact) mass is 410 g/mol. The van der Waals surface area contributed by atoms with Gasteiger partial charge in [0.15, 0.2) is 0 Å². The van der Waals surface area contributed by atoms with Crippen LogP contribution in [0.25, 0.3) is 11.1 Å². The number of esters is 1. The van der Waals surface area contributed by atoms with E-state index in [1.807, 2.05) is 18.2 Å². The van der Waals surface area contributed by atoms with Crippen molar-refractivity contribution < 1.29 is 14.5 Å². The molecule has 0 amide bonds. The zero-order valence-electron chi connectivity index (χ0n) is 18.0. The molecule has 0 heterocycles. The Balaban J connectivity index is 2.07. The molecule has 0 aromatic heterocycles. The lowest BCUT2D eigenvalue weighted by atomic mass is 9.92. The largest absolute Gasteiger partial charge is 0.465 e. The topological polar surface area (TPSA) is 72.7 Å². The van der Waals surface area contributed by atoms with Crippen LogP contribution in [0.2, 0.25) is 0 Å². The second kappa shape index (κ2) is 9.74. The number of nitro groups is 1. The number of anilines is 1. The van der Waals surface area contributed by atoms with Crippen LogP contribution in [0.4, 0.5) is 11.4 Å². The molecule has 0 unspecified atom stereocenters. The van der Waals surface area contributed by atoms with Crippen LogP contribution in [0.1, 0.15) is 56.3 Å². The van der Waals surface area contributed by atoms with Gasteiger partial charge in [-0.05, 0) is 42.0 Å². The maximum atomic E-state index is 12.2. The Morgan fingerprint density at radius 1 is 1.17 bits per heavy atom. The number of benzene rings is 2. The first kappa shape index (κ1) is 21.8. The fraction of sp³-hybridized carbons (Fsp3) is 0.458. The fourth-order valence-electron chi connectivity index (χ4n) is 4.33. The minimum atomic E-state index is -0.457. The van der Waals surface area contributed by atoms with Gasteiger partial charge < -0.3 is 9.64 Å². The molecule has 1 aliphatic carbocycles. The SMILES string of the molecule is COC(=O)c1ccccc1-c1ccc(N(CC(C)C)C2CCCCC2)c([N+](=O)[O-])c1. The number of nitrogens with zero attached hydrogens (tertiary/aromatic N) is 2. The summed E-state index contributed by atoms with van der Waals surface area (Å²) in [6, 6.07) is 12.7. The predicted molar refractivity (Wildman–Crippen MR) is 119 cm³/mol. The van der Waals surface area contributed by atoms with Crippen LogP contribution < -0.4 is 4.90 Å². The maximum Gasteiger partial charge on any atom is 0.338 e.